The van der Waals surface area contributed by atoms with E-state index in [-0.39, 0.29) is 56.6 Å². The average Bonchev–Trinajstić information content (AvgIpc) is 1.88. The van der Waals surface area contributed by atoms with Gasteiger partial charge in [-0.15, -0.1) is 5.53 Å². The lowest BCUT2D eigenvalue weighted by molar-refractivity contribution is -0.376. The molecule has 2 aromatic rings. The number of hydrogen-bond donors (Lipinski definition) is 6. The quantitative estimate of drug-likeness (QED) is 0.0642. The van der Waals surface area contributed by atoms with E-state index in [1.165, 1.54) is 70.2 Å². The number of carbonyl (C=O) groups excluding carboxylic acids is 4. The summed E-state index contributed by atoms with van der Waals surface area (Å²) in [6.07, 6.45) is -14.7. The predicted octanol–water partition coefficient (Wildman–Crippen LogP) is -0.206. The smallest absolute Gasteiger partial charge is 0.407 e. The molecule has 486 valence electrons. The standard InChI is InChI=1S/C58H87N7O22/c1-29-37(26-70-3)83-54(49(77-10)43(29)73-6)61-40(66)22-59-53(68)36-24-65(64-63-36)42-30(2)82-56(51(79-12)46(42)74-7)86-45-39(28-72-5)85-57(52(80-13)48(45)76-9)87-44-38(27-71-4)84-55(50(78-11)47(44)75-8)62-41(67)23-60-58(69)81-25-35-33-20-16-14-18-31(33)32-19-15-17-21-34(32)35/h14-21,24,29-30,35,37-39,42-52,54-57,63-64H,22-23,25-28H2,1-13H3,(H,59,68)(H,60,69)(H,61,66)(H,62,67)/t29-,30?,37?,38?,39?,42-,43-,44-,45-,46-,47-,48-,49?,50?,51?,52?,54?,55?,56-,57-/m0/s1. The first-order valence-electron chi connectivity index (χ1n) is 28.8. The molecule has 0 bridgehead atoms. The molecule has 4 saturated heterocycles. The van der Waals surface area contributed by atoms with Gasteiger partial charge in [0.2, 0.25) is 11.8 Å². The van der Waals surface area contributed by atoms with Crippen LogP contribution in [-0.4, -0.2) is 263 Å². The summed E-state index contributed by atoms with van der Waals surface area (Å²) >= 11 is 0. The molecule has 29 nitrogen and oxygen atoms in total. The monoisotopic (exact) mass is 1230 g/mol. The second kappa shape index (κ2) is 32.0. The Bertz CT molecular complexity index is 2550. The van der Waals surface area contributed by atoms with Crippen molar-refractivity contribution < 1.29 is 104 Å². The third-order valence-corrected chi connectivity index (χ3v) is 16.7. The van der Waals surface area contributed by atoms with Crippen LogP contribution < -0.4 is 32.2 Å². The Morgan fingerprint density at radius 3 is 1.51 bits per heavy atom. The van der Waals surface area contributed by atoms with Gasteiger partial charge in [-0.1, -0.05) is 55.5 Å². The molecule has 4 fully saturated rings. The highest BCUT2D eigenvalue weighted by atomic mass is 16.8. The number of nitrogens with zero attached hydrogens (tertiary/aromatic N) is 1. The molecular formula is C58H87N7O22. The summed E-state index contributed by atoms with van der Waals surface area (Å²) in [7, 11) is 16.5. The molecule has 2 aromatic carbocycles. The molecule has 0 spiro atoms. The Kier molecular flexibility index (Phi) is 24.9. The third-order valence-electron chi connectivity index (χ3n) is 16.7. The Morgan fingerprint density at radius 1 is 0.506 bits per heavy atom. The first kappa shape index (κ1) is 67.7. The van der Waals surface area contributed by atoms with Gasteiger partial charge < -0.3 is 107 Å². The molecule has 1 aliphatic carbocycles. The van der Waals surface area contributed by atoms with Gasteiger partial charge in [0.25, 0.3) is 5.91 Å². The minimum atomic E-state index is -1.19. The minimum Gasteiger partial charge on any atom is -0.449 e. The fraction of sp³-hybridized carbons (Fsp3) is 0.690. The van der Waals surface area contributed by atoms with Crippen molar-refractivity contribution in [2.45, 2.75) is 136 Å². The molecule has 4 amide bonds. The molecule has 0 radical (unpaired) electrons. The molecule has 6 aliphatic rings. The van der Waals surface area contributed by atoms with Gasteiger partial charge in [-0.05, 0) is 29.2 Å². The van der Waals surface area contributed by atoms with Crippen molar-refractivity contribution in [2.24, 2.45) is 5.92 Å². The lowest BCUT2D eigenvalue weighted by atomic mass is 9.90. The molecule has 5 heterocycles. The summed E-state index contributed by atoms with van der Waals surface area (Å²) in [5, 5.41) is 12.4. The second-order valence-corrected chi connectivity index (χ2v) is 21.6. The van der Waals surface area contributed by atoms with Crippen LogP contribution in [0.4, 0.5) is 4.79 Å². The lowest BCUT2D eigenvalue weighted by Gasteiger charge is -2.51. The molecule has 10 unspecified atom stereocenters. The van der Waals surface area contributed by atoms with Gasteiger partial charge in [-0.25, -0.2) is 4.79 Å². The van der Waals surface area contributed by atoms with Crippen LogP contribution in [0.25, 0.3) is 11.1 Å². The highest BCUT2D eigenvalue weighted by molar-refractivity contribution is 5.95. The summed E-state index contributed by atoms with van der Waals surface area (Å²) in [5.41, 5.74) is 10.2. The van der Waals surface area contributed by atoms with E-state index in [1.54, 1.807) is 19.2 Å². The maximum Gasteiger partial charge on any atom is 0.407 e. The van der Waals surface area contributed by atoms with Crippen LogP contribution in [0.1, 0.15) is 30.9 Å². The van der Waals surface area contributed by atoms with Crippen molar-refractivity contribution in [1.29, 1.82) is 0 Å². The van der Waals surface area contributed by atoms with E-state index in [0.717, 1.165) is 22.3 Å². The van der Waals surface area contributed by atoms with Crippen molar-refractivity contribution in [3.63, 3.8) is 0 Å². The number of methoxy groups -OCH3 is 11. The highest BCUT2D eigenvalue weighted by Crippen LogP contribution is 2.45. The molecular weight excluding hydrogens is 1150 g/mol. The second-order valence-electron chi connectivity index (χ2n) is 21.6. The van der Waals surface area contributed by atoms with Gasteiger partial charge >= 0.3 is 6.09 Å². The number of amides is 4. The van der Waals surface area contributed by atoms with E-state index >= 15 is 0 Å². The van der Waals surface area contributed by atoms with Crippen LogP contribution in [0.3, 0.4) is 0 Å². The fourth-order valence-electron chi connectivity index (χ4n) is 12.5. The molecule has 0 aromatic heterocycles. The van der Waals surface area contributed by atoms with Crippen LogP contribution in [0.5, 0.6) is 0 Å². The number of alkyl carbamates (subject to hydrolysis) is 1. The Morgan fingerprint density at radius 2 is 0.966 bits per heavy atom. The van der Waals surface area contributed by atoms with Crippen molar-refractivity contribution in [3.05, 3.63) is 71.6 Å². The topological polar surface area (TPSA) is 310 Å². The Hall–Kier alpha value is -5.26. The molecule has 0 saturated carbocycles. The van der Waals surface area contributed by atoms with Gasteiger partial charge in [0.05, 0.1) is 44.7 Å². The Balaban J connectivity index is 0.878. The first-order valence-corrected chi connectivity index (χ1v) is 28.8. The predicted molar refractivity (Wildman–Crippen MR) is 304 cm³/mol. The van der Waals surface area contributed by atoms with Crippen molar-refractivity contribution in [1.82, 2.24) is 37.2 Å². The number of rotatable bonds is 28. The largest absolute Gasteiger partial charge is 0.449 e. The summed E-state index contributed by atoms with van der Waals surface area (Å²) in [4.78, 5) is 53.3. The first-order chi connectivity index (χ1) is 42.1. The summed E-state index contributed by atoms with van der Waals surface area (Å²) in [5.74, 6) is -1.97. The number of nitrogens with one attached hydrogen (secondary N) is 6. The molecule has 5 aliphatic heterocycles. The number of hydrazine groups is 2. The van der Waals surface area contributed by atoms with Gasteiger partial charge in [-0.2, -0.15) is 0 Å². The van der Waals surface area contributed by atoms with E-state index in [4.69, 9.17) is 85.3 Å². The van der Waals surface area contributed by atoms with Crippen LogP contribution in [0.15, 0.2) is 60.4 Å². The van der Waals surface area contributed by atoms with Gasteiger partial charge in [0.1, 0.15) is 92.0 Å². The van der Waals surface area contributed by atoms with Gasteiger partial charge in [0.15, 0.2) is 25.0 Å². The van der Waals surface area contributed by atoms with E-state index in [2.05, 4.69) is 32.2 Å². The fourth-order valence-corrected chi connectivity index (χ4v) is 12.5. The normalized spacial score (nSPS) is 34.0. The van der Waals surface area contributed by atoms with Crippen LogP contribution in [-0.2, 0) is 99.6 Å². The Labute approximate surface area is 506 Å². The van der Waals surface area contributed by atoms with Crippen molar-refractivity contribution in [3.8, 4) is 11.1 Å². The zero-order valence-corrected chi connectivity index (χ0v) is 51.5. The SMILES string of the molecule is COCC1OC(NC(=O)CNC(=O)C2=CN([C@H]3C(C)O[C@@H](O[C@H]4C(COC)O[C@@H](O[C@H]5C(COC)OC(NC(=O)CNC(=O)OCC6c7ccccc7-c7ccccc76)C(OC)[C@H]5OC)C(OC)[C@H]4OC)C(OC)[C@H]3OC)NN2)C(OC)[C@@H](OC)[C@H]1C. The zero-order valence-electron chi connectivity index (χ0n) is 51.5. The average molecular weight is 1230 g/mol. The van der Waals surface area contributed by atoms with Crippen LogP contribution in [0.2, 0.25) is 0 Å². The zero-order chi connectivity index (χ0) is 62.5. The number of fused-ring (bicyclic) bond motifs is 3. The summed E-state index contributed by atoms with van der Waals surface area (Å²) in [6.45, 7) is 3.24. The highest BCUT2D eigenvalue weighted by Gasteiger charge is 2.57. The van der Waals surface area contributed by atoms with Crippen molar-refractivity contribution >= 4 is 23.8 Å². The maximum atomic E-state index is 13.5. The number of hydrogen-bond acceptors (Lipinski definition) is 25. The van der Waals surface area contributed by atoms with E-state index in [1.807, 2.05) is 62.4 Å². The maximum absolute atomic E-state index is 13.5. The number of benzene rings is 2. The molecule has 20 atom stereocenters. The van der Waals surface area contributed by atoms with Gasteiger partial charge in [0, 0.05) is 96.2 Å². The lowest BCUT2D eigenvalue weighted by Crippen LogP contribution is -2.69. The summed E-state index contributed by atoms with van der Waals surface area (Å²) in [6, 6.07) is 15.4. The molecule has 6 N–H and O–H groups in total. The molecule has 8 rings (SSSR count). The van der Waals surface area contributed by atoms with E-state index < -0.39 is 141 Å². The minimum absolute atomic E-state index is 0.0164. The van der Waals surface area contributed by atoms with E-state index in [9.17, 15) is 19.2 Å². The van der Waals surface area contributed by atoms with E-state index in [0.29, 0.717) is 0 Å². The number of carbonyl (C=O) groups is 4. The molecule has 29 heteroatoms. The third kappa shape index (κ3) is 15.2. The summed E-state index contributed by atoms with van der Waals surface area (Å²) < 4.78 is 110. The number of ether oxygens (including phenoxy) is 18. The van der Waals surface area contributed by atoms with Gasteiger partial charge in [-0.3, -0.25) is 24.8 Å². The van der Waals surface area contributed by atoms with Crippen LogP contribution in [0, 0.1) is 5.92 Å². The van der Waals surface area contributed by atoms with Crippen molar-refractivity contribution in [2.75, 3.05) is 118 Å². The van der Waals surface area contributed by atoms with Crippen LogP contribution >= 0.6 is 0 Å². The molecule has 87 heavy (non-hydrogen) atoms.